The quantitative estimate of drug-likeness (QED) is 0.502. The summed E-state index contributed by atoms with van der Waals surface area (Å²) < 4.78 is 21.2. The van der Waals surface area contributed by atoms with Gasteiger partial charge in [-0.2, -0.15) is 0 Å². The normalized spacial score (nSPS) is 10.8. The molecule has 0 aliphatic heterocycles. The van der Waals surface area contributed by atoms with Gasteiger partial charge in [0.1, 0.15) is 13.2 Å². The molecule has 4 heteroatoms. The maximum absolute atomic E-state index is 11.1. The van der Waals surface area contributed by atoms with E-state index in [1.54, 1.807) is 0 Å². The molecule has 0 aromatic rings. The van der Waals surface area contributed by atoms with Crippen LogP contribution in [-0.4, -0.2) is 13.2 Å². The highest BCUT2D eigenvalue weighted by molar-refractivity contribution is 7.33. The smallest absolute Gasteiger partial charge is 0.119 e. The molecule has 0 N–H and O–H groups in total. The van der Waals surface area contributed by atoms with Gasteiger partial charge in [-0.3, -0.25) is 0 Å². The Bertz CT molecular complexity index is 188. The first kappa shape index (κ1) is 21.3. The highest BCUT2D eigenvalue weighted by atomic mass is 31.1. The van der Waals surface area contributed by atoms with Gasteiger partial charge in [-0.15, -0.1) is 9.05 Å². The van der Waals surface area contributed by atoms with Gasteiger partial charge in [0.2, 0.25) is 0 Å². The largest absolute Gasteiger partial charge is 0.697 e. The first-order valence-corrected chi connectivity index (χ1v) is 8.62. The van der Waals surface area contributed by atoms with E-state index in [0.29, 0.717) is 25.0 Å². The minimum Gasteiger partial charge on any atom is -0.119 e. The maximum atomic E-state index is 11.1. The van der Waals surface area contributed by atoms with Crippen LogP contribution >= 0.6 is 8.25 Å². The molecule has 0 aromatic carbocycles. The van der Waals surface area contributed by atoms with Gasteiger partial charge >= 0.3 is 8.25 Å². The zero-order valence-electron chi connectivity index (χ0n) is 13.9. The molecular weight excluding hydrogens is 259 g/mol. The lowest BCUT2D eigenvalue weighted by molar-refractivity contribution is 0.208. The zero-order chi connectivity index (χ0) is 15.3. The molecule has 0 unspecified atom stereocenters. The first-order valence-electron chi connectivity index (χ1n) is 7.52. The van der Waals surface area contributed by atoms with Crippen LogP contribution in [-0.2, 0) is 13.6 Å². The number of hydrogen-bond acceptors (Lipinski definition) is 3. The Balaban J connectivity index is 0. The molecule has 0 saturated heterocycles. The summed E-state index contributed by atoms with van der Waals surface area (Å²) in [6, 6.07) is 0. The van der Waals surface area contributed by atoms with E-state index >= 15 is 0 Å². The maximum Gasteiger partial charge on any atom is 0.697 e. The molecule has 0 amide bonds. The van der Waals surface area contributed by atoms with Crippen LogP contribution in [0.2, 0.25) is 0 Å². The standard InChI is InChI=1S/C10H22O3P.C5H12/c1-9(2)5-7-12-14(11)13-8-6-10(3)4;1-4-5(2)3/h9-10H,5-8H2,1-4H3;5H,4H2,1-3H3/q+1;. The Morgan fingerprint density at radius 1 is 0.789 bits per heavy atom. The van der Waals surface area contributed by atoms with E-state index in [-0.39, 0.29) is 0 Å². The molecule has 0 saturated carbocycles. The van der Waals surface area contributed by atoms with Crippen molar-refractivity contribution < 1.29 is 13.6 Å². The van der Waals surface area contributed by atoms with Crippen molar-refractivity contribution in [3.8, 4) is 0 Å². The van der Waals surface area contributed by atoms with Crippen LogP contribution in [0.4, 0.5) is 0 Å². The van der Waals surface area contributed by atoms with Gasteiger partial charge in [0.25, 0.3) is 0 Å². The fourth-order valence-corrected chi connectivity index (χ4v) is 1.35. The minimum absolute atomic E-state index is 0.522. The van der Waals surface area contributed by atoms with E-state index in [1.807, 2.05) is 0 Å². The van der Waals surface area contributed by atoms with Crippen molar-refractivity contribution in [2.75, 3.05) is 13.2 Å². The van der Waals surface area contributed by atoms with Gasteiger partial charge in [-0.05, 0) is 30.6 Å². The summed E-state index contributed by atoms with van der Waals surface area (Å²) in [5, 5.41) is 0. The summed E-state index contributed by atoms with van der Waals surface area (Å²) in [5.74, 6) is 2.04. The Morgan fingerprint density at radius 2 is 1.11 bits per heavy atom. The fraction of sp³-hybridized carbons (Fsp3) is 1.00. The van der Waals surface area contributed by atoms with Crippen molar-refractivity contribution in [1.82, 2.24) is 0 Å². The van der Waals surface area contributed by atoms with Crippen LogP contribution in [0.5, 0.6) is 0 Å². The lowest BCUT2D eigenvalue weighted by Gasteiger charge is -1.99. The molecule has 0 aliphatic carbocycles. The van der Waals surface area contributed by atoms with Gasteiger partial charge in [-0.25, -0.2) is 0 Å². The average molecular weight is 293 g/mol. The van der Waals surface area contributed by atoms with E-state index in [2.05, 4.69) is 48.5 Å². The number of hydrogen-bond donors (Lipinski definition) is 0. The van der Waals surface area contributed by atoms with Gasteiger partial charge in [0.15, 0.2) is 0 Å². The van der Waals surface area contributed by atoms with Crippen molar-refractivity contribution in [2.24, 2.45) is 17.8 Å². The Morgan fingerprint density at radius 3 is 1.32 bits per heavy atom. The van der Waals surface area contributed by atoms with E-state index in [1.165, 1.54) is 6.42 Å². The first-order chi connectivity index (χ1) is 8.79. The van der Waals surface area contributed by atoms with Crippen LogP contribution in [0.1, 0.15) is 67.7 Å². The van der Waals surface area contributed by atoms with E-state index in [9.17, 15) is 4.57 Å². The minimum atomic E-state index is -1.89. The lowest BCUT2D eigenvalue weighted by atomic mass is 10.2. The van der Waals surface area contributed by atoms with E-state index < -0.39 is 8.25 Å². The highest BCUT2D eigenvalue weighted by Gasteiger charge is 2.19. The topological polar surface area (TPSA) is 35.5 Å². The molecule has 3 nitrogen and oxygen atoms in total. The second kappa shape index (κ2) is 14.4. The Kier molecular flexibility index (Phi) is 16.2. The summed E-state index contributed by atoms with van der Waals surface area (Å²) in [7, 11) is -1.89. The third-order valence-corrected chi connectivity index (χ3v) is 3.39. The third kappa shape index (κ3) is 23.5. The monoisotopic (exact) mass is 293 g/mol. The predicted molar refractivity (Wildman–Crippen MR) is 83.5 cm³/mol. The molecule has 0 heterocycles. The van der Waals surface area contributed by atoms with Crippen LogP contribution in [0, 0.1) is 17.8 Å². The van der Waals surface area contributed by atoms with Gasteiger partial charge in [0, 0.05) is 4.57 Å². The average Bonchev–Trinajstić information content (AvgIpc) is 2.28. The molecule has 0 aliphatic rings. The van der Waals surface area contributed by atoms with Crippen molar-refractivity contribution in [3.63, 3.8) is 0 Å². The second-order valence-electron chi connectivity index (χ2n) is 6.06. The van der Waals surface area contributed by atoms with Crippen molar-refractivity contribution in [1.29, 1.82) is 0 Å². The molecule has 0 spiro atoms. The molecule has 0 fully saturated rings. The summed E-state index contributed by atoms with van der Waals surface area (Å²) in [6.07, 6.45) is 3.16. The molecule has 0 atom stereocenters. The van der Waals surface area contributed by atoms with E-state index in [4.69, 9.17) is 9.05 Å². The molecule has 116 valence electrons. The summed E-state index contributed by atoms with van der Waals surface area (Å²) in [6.45, 7) is 16.1. The summed E-state index contributed by atoms with van der Waals surface area (Å²) >= 11 is 0. The van der Waals surface area contributed by atoms with Crippen LogP contribution < -0.4 is 0 Å². The lowest BCUT2D eigenvalue weighted by Crippen LogP contribution is -1.97. The zero-order valence-corrected chi connectivity index (χ0v) is 14.8. The molecule has 19 heavy (non-hydrogen) atoms. The SMILES string of the molecule is CC(C)CCO[P+](=O)OCCC(C)C.CCC(C)C. The van der Waals surface area contributed by atoms with Gasteiger partial charge in [-0.1, -0.05) is 54.9 Å². The Hall–Kier alpha value is 0.0200. The number of rotatable bonds is 9. The van der Waals surface area contributed by atoms with Crippen molar-refractivity contribution in [3.05, 3.63) is 0 Å². The Labute approximate surface area is 121 Å². The van der Waals surface area contributed by atoms with Crippen molar-refractivity contribution in [2.45, 2.75) is 67.7 Å². The molecule has 0 bridgehead atoms. The van der Waals surface area contributed by atoms with Gasteiger partial charge in [0.05, 0.1) is 0 Å². The second-order valence-corrected chi connectivity index (χ2v) is 7.02. The summed E-state index contributed by atoms with van der Waals surface area (Å²) in [5.41, 5.74) is 0. The summed E-state index contributed by atoms with van der Waals surface area (Å²) in [4.78, 5) is 0. The van der Waals surface area contributed by atoms with Crippen LogP contribution in [0.15, 0.2) is 0 Å². The van der Waals surface area contributed by atoms with E-state index in [0.717, 1.165) is 18.8 Å². The van der Waals surface area contributed by atoms with Crippen molar-refractivity contribution >= 4 is 8.25 Å². The van der Waals surface area contributed by atoms with Crippen LogP contribution in [0.25, 0.3) is 0 Å². The van der Waals surface area contributed by atoms with Crippen LogP contribution in [0.3, 0.4) is 0 Å². The molecule has 0 rings (SSSR count). The molecular formula is C15H34O3P+. The highest BCUT2D eigenvalue weighted by Crippen LogP contribution is 2.25. The molecule has 0 aromatic heterocycles. The molecule has 0 radical (unpaired) electrons. The third-order valence-electron chi connectivity index (χ3n) is 2.60. The predicted octanol–water partition coefficient (Wildman–Crippen LogP) is 5.82. The fourth-order valence-electron chi connectivity index (χ4n) is 0.763. The van der Waals surface area contributed by atoms with Gasteiger partial charge < -0.3 is 0 Å².